The maximum absolute atomic E-state index is 9.86. The van der Waals surface area contributed by atoms with Crippen molar-refractivity contribution < 1.29 is 83.7 Å². The van der Waals surface area contributed by atoms with E-state index in [-0.39, 0.29) is 59.1 Å². The predicted molar refractivity (Wildman–Crippen MR) is 25.4 cm³/mol. The first-order chi connectivity index (χ1) is 4.54. The molecule has 0 fully saturated rings. The van der Waals surface area contributed by atoms with Gasteiger partial charge in [0.25, 0.3) is 0 Å². The van der Waals surface area contributed by atoms with Gasteiger partial charge in [0.05, 0.1) is 24.6 Å². The van der Waals surface area contributed by atoms with Crippen LogP contribution in [0.1, 0.15) is 6.92 Å². The molecule has 0 spiro atoms. The molecule has 0 radical (unpaired) electrons. The zero-order valence-electron chi connectivity index (χ0n) is 7.33. The van der Waals surface area contributed by atoms with Crippen LogP contribution in [-0.4, -0.2) is 24.6 Å². The van der Waals surface area contributed by atoms with E-state index < -0.39 is 24.6 Å². The number of carboxylic acid groups (broad SMARTS) is 2. The standard InChI is InChI=1S/C5H8O5.2Na/c1-3(5(8)9)10-2-4(6)7;;/h3H,2H2,1H3,(H,6,7)(H,8,9);;/q;2*+1/p-2. The molecule has 1 atom stereocenters. The molecule has 58 valence electrons. The summed E-state index contributed by atoms with van der Waals surface area (Å²) in [5, 5.41) is 19.5. The summed E-state index contributed by atoms with van der Waals surface area (Å²) in [7, 11) is 0. The number of aliphatic carboxylic acids is 2. The van der Waals surface area contributed by atoms with E-state index in [4.69, 9.17) is 0 Å². The topological polar surface area (TPSA) is 89.5 Å². The second kappa shape index (κ2) is 9.98. The zero-order chi connectivity index (χ0) is 8.15. The zero-order valence-corrected chi connectivity index (χ0v) is 11.3. The maximum Gasteiger partial charge on any atom is 1.00 e. The SMILES string of the molecule is CC(OCC(=O)[O-])C(=O)[O-].[Na+].[Na+]. The van der Waals surface area contributed by atoms with Crippen molar-refractivity contribution in [1.29, 1.82) is 0 Å². The minimum Gasteiger partial charge on any atom is -0.548 e. The Labute approximate surface area is 114 Å². The summed E-state index contributed by atoms with van der Waals surface area (Å²) in [5.41, 5.74) is 0. The molecule has 0 aliphatic rings. The van der Waals surface area contributed by atoms with Crippen LogP contribution in [0.15, 0.2) is 0 Å². The van der Waals surface area contributed by atoms with E-state index in [0.717, 1.165) is 0 Å². The fraction of sp³-hybridized carbons (Fsp3) is 0.600. The summed E-state index contributed by atoms with van der Waals surface area (Å²) in [5.74, 6) is -2.89. The van der Waals surface area contributed by atoms with Crippen molar-refractivity contribution in [1.82, 2.24) is 0 Å². The molecule has 7 heteroatoms. The third kappa shape index (κ3) is 10.9. The van der Waals surface area contributed by atoms with Crippen molar-refractivity contribution in [3.8, 4) is 0 Å². The van der Waals surface area contributed by atoms with Crippen LogP contribution < -0.4 is 69.3 Å². The number of hydrogen-bond acceptors (Lipinski definition) is 5. The van der Waals surface area contributed by atoms with E-state index >= 15 is 0 Å². The van der Waals surface area contributed by atoms with Crippen LogP contribution in [0, 0.1) is 0 Å². The van der Waals surface area contributed by atoms with Gasteiger partial charge in [-0.2, -0.15) is 0 Å². The van der Waals surface area contributed by atoms with Gasteiger partial charge in [0.1, 0.15) is 0 Å². The van der Waals surface area contributed by atoms with Crippen molar-refractivity contribution in [3.63, 3.8) is 0 Å². The quantitative estimate of drug-likeness (QED) is 0.412. The second-order valence-corrected chi connectivity index (χ2v) is 1.64. The van der Waals surface area contributed by atoms with Crippen LogP contribution in [0.25, 0.3) is 0 Å². The monoisotopic (exact) mass is 192 g/mol. The number of rotatable bonds is 4. The van der Waals surface area contributed by atoms with Crippen molar-refractivity contribution in [2.75, 3.05) is 6.61 Å². The fourth-order valence-electron chi connectivity index (χ4n) is 0.261. The normalized spacial score (nSPS) is 10.4. The summed E-state index contributed by atoms with van der Waals surface area (Å²) in [6.07, 6.45) is -1.21. The Kier molecular flexibility index (Phi) is 15.5. The van der Waals surface area contributed by atoms with Crippen LogP contribution >= 0.6 is 0 Å². The number of hydrogen-bond donors (Lipinski definition) is 0. The molecule has 0 rings (SSSR count). The van der Waals surface area contributed by atoms with Gasteiger partial charge in [-0.3, -0.25) is 0 Å². The summed E-state index contributed by atoms with van der Waals surface area (Å²) in [4.78, 5) is 19.5. The van der Waals surface area contributed by atoms with Gasteiger partial charge in [0, 0.05) is 0 Å². The Hall–Kier alpha value is 0.900. The van der Waals surface area contributed by atoms with E-state index in [1.807, 2.05) is 0 Å². The van der Waals surface area contributed by atoms with Gasteiger partial charge in [-0.05, 0) is 6.92 Å². The fourth-order valence-corrected chi connectivity index (χ4v) is 0.261. The first kappa shape index (κ1) is 18.6. The van der Waals surface area contributed by atoms with Crippen LogP contribution in [0.3, 0.4) is 0 Å². The number of ether oxygens (including phenoxy) is 1. The third-order valence-corrected chi connectivity index (χ3v) is 0.783. The van der Waals surface area contributed by atoms with Crippen LogP contribution in [0.5, 0.6) is 0 Å². The molecule has 0 saturated heterocycles. The number of carbonyl (C=O) groups excluding carboxylic acids is 2. The van der Waals surface area contributed by atoms with E-state index in [9.17, 15) is 19.8 Å². The van der Waals surface area contributed by atoms with Gasteiger partial charge in [-0.1, -0.05) is 0 Å². The Morgan fingerprint density at radius 2 is 1.75 bits per heavy atom. The van der Waals surface area contributed by atoms with Gasteiger partial charge >= 0.3 is 59.1 Å². The molecular weight excluding hydrogens is 186 g/mol. The van der Waals surface area contributed by atoms with Gasteiger partial charge in [-0.15, -0.1) is 0 Å². The molecule has 12 heavy (non-hydrogen) atoms. The average molecular weight is 192 g/mol. The van der Waals surface area contributed by atoms with Crippen molar-refractivity contribution in [2.45, 2.75) is 13.0 Å². The molecule has 0 bridgehead atoms. The van der Waals surface area contributed by atoms with Gasteiger partial charge in [-0.25, -0.2) is 0 Å². The first-order valence-electron chi connectivity index (χ1n) is 2.56. The molecule has 1 unspecified atom stereocenters. The molecule has 0 heterocycles. The van der Waals surface area contributed by atoms with Crippen molar-refractivity contribution in [3.05, 3.63) is 0 Å². The third-order valence-electron chi connectivity index (χ3n) is 0.783. The Bertz CT molecular complexity index is 149. The smallest absolute Gasteiger partial charge is 0.548 e. The van der Waals surface area contributed by atoms with E-state index in [1.54, 1.807) is 0 Å². The molecule has 0 aliphatic heterocycles. The summed E-state index contributed by atoms with van der Waals surface area (Å²) < 4.78 is 4.24. The van der Waals surface area contributed by atoms with Crippen LogP contribution in [0.2, 0.25) is 0 Å². The first-order valence-corrected chi connectivity index (χ1v) is 2.56. The number of carboxylic acids is 2. The van der Waals surface area contributed by atoms with Crippen molar-refractivity contribution in [2.24, 2.45) is 0 Å². The Morgan fingerprint density at radius 1 is 1.33 bits per heavy atom. The van der Waals surface area contributed by atoms with Gasteiger partial charge in [0.15, 0.2) is 0 Å². The molecule has 0 saturated carbocycles. The van der Waals surface area contributed by atoms with Crippen LogP contribution in [-0.2, 0) is 14.3 Å². The average Bonchev–Trinajstić information content (AvgIpc) is 1.82. The second-order valence-electron chi connectivity index (χ2n) is 1.64. The predicted octanol–water partition coefficient (Wildman–Crippen LogP) is -9.10. The molecule has 0 amide bonds. The van der Waals surface area contributed by atoms with Gasteiger partial charge < -0.3 is 24.5 Å². The Balaban J connectivity index is -0.000000405. The summed E-state index contributed by atoms with van der Waals surface area (Å²) in [6.45, 7) is 0.452. The molecule has 0 aliphatic carbocycles. The van der Waals surface area contributed by atoms with Crippen LogP contribution in [0.4, 0.5) is 0 Å². The Morgan fingerprint density at radius 3 is 2.00 bits per heavy atom. The van der Waals surface area contributed by atoms with Gasteiger partial charge in [0.2, 0.25) is 0 Å². The summed E-state index contributed by atoms with van der Waals surface area (Å²) in [6, 6.07) is 0. The molecule has 0 aromatic heterocycles. The number of carbonyl (C=O) groups is 2. The van der Waals surface area contributed by atoms with E-state index in [0.29, 0.717) is 0 Å². The summed E-state index contributed by atoms with van der Waals surface area (Å²) >= 11 is 0. The molecule has 0 aromatic carbocycles. The van der Waals surface area contributed by atoms with E-state index in [1.165, 1.54) is 6.92 Å². The molecule has 5 nitrogen and oxygen atoms in total. The molecule has 0 aromatic rings. The largest absolute Gasteiger partial charge is 1.00 e. The minimum absolute atomic E-state index is 0. The molecular formula is C5H6Na2O5. The maximum atomic E-state index is 9.86. The van der Waals surface area contributed by atoms with Crippen molar-refractivity contribution >= 4 is 11.9 Å². The minimum atomic E-state index is -1.45. The molecule has 0 N–H and O–H groups in total. The van der Waals surface area contributed by atoms with E-state index in [2.05, 4.69) is 4.74 Å².